The van der Waals surface area contributed by atoms with Gasteiger partial charge in [-0.25, -0.2) is 8.78 Å². The van der Waals surface area contributed by atoms with Crippen LogP contribution >= 0.6 is 22.6 Å². The summed E-state index contributed by atoms with van der Waals surface area (Å²) in [6, 6.07) is 0.930. The molecule has 1 rings (SSSR count). The minimum Gasteiger partial charge on any atom is -0.325 e. The number of aryl methyl sites for hydroxylation is 1. The van der Waals surface area contributed by atoms with E-state index >= 15 is 0 Å². The molecule has 66 valence electrons. The molecule has 5 heteroatoms. The van der Waals surface area contributed by atoms with Gasteiger partial charge in [0.25, 0.3) is 6.43 Å². The van der Waals surface area contributed by atoms with E-state index in [-0.39, 0.29) is 5.56 Å². The molecule has 0 aliphatic rings. The van der Waals surface area contributed by atoms with E-state index < -0.39 is 12.0 Å². The lowest BCUT2D eigenvalue weighted by Gasteiger charge is -2.04. The number of hydrogen-bond donors (Lipinski definition) is 1. The molecule has 0 aliphatic carbocycles. The van der Waals surface area contributed by atoms with Crippen LogP contribution in [-0.4, -0.2) is 4.98 Å². The Morgan fingerprint density at radius 2 is 2.17 bits per heavy atom. The third kappa shape index (κ3) is 1.82. The van der Waals surface area contributed by atoms with Gasteiger partial charge in [0.2, 0.25) is 5.56 Å². The second-order valence-electron chi connectivity index (χ2n) is 2.33. The fourth-order valence-electron chi connectivity index (χ4n) is 0.856. The number of alkyl halides is 2. The van der Waals surface area contributed by atoms with Crippen molar-refractivity contribution in [1.82, 2.24) is 4.98 Å². The molecule has 0 bridgehead atoms. The van der Waals surface area contributed by atoms with E-state index in [4.69, 9.17) is 0 Å². The molecule has 0 aromatic carbocycles. The van der Waals surface area contributed by atoms with Gasteiger partial charge in [0, 0.05) is 20.9 Å². The molecule has 0 radical (unpaired) electrons. The number of pyridine rings is 1. The van der Waals surface area contributed by atoms with E-state index in [2.05, 4.69) is 4.98 Å². The van der Waals surface area contributed by atoms with Crippen molar-refractivity contribution in [2.24, 2.45) is 0 Å². The first-order valence-corrected chi connectivity index (χ1v) is 4.27. The molecule has 0 amide bonds. The highest BCUT2D eigenvalue weighted by Gasteiger charge is 2.13. The van der Waals surface area contributed by atoms with Gasteiger partial charge in [-0.05, 0) is 29.5 Å². The fraction of sp³-hybridized carbons (Fsp3) is 0.286. The zero-order chi connectivity index (χ0) is 9.30. The average molecular weight is 285 g/mol. The summed E-state index contributed by atoms with van der Waals surface area (Å²) in [7, 11) is 0. The normalized spacial score (nSPS) is 10.8. The van der Waals surface area contributed by atoms with Crippen molar-refractivity contribution in [2.45, 2.75) is 13.3 Å². The molecule has 0 saturated carbocycles. The van der Waals surface area contributed by atoms with Crippen LogP contribution in [0.1, 0.15) is 17.7 Å². The Morgan fingerprint density at radius 3 is 2.67 bits per heavy atom. The predicted octanol–water partition coefficient (Wildman–Crippen LogP) is 2.23. The number of nitrogens with one attached hydrogen (secondary N) is 1. The van der Waals surface area contributed by atoms with E-state index in [0.29, 0.717) is 9.26 Å². The van der Waals surface area contributed by atoms with E-state index in [1.165, 1.54) is 0 Å². The van der Waals surface area contributed by atoms with Crippen LogP contribution in [-0.2, 0) is 0 Å². The van der Waals surface area contributed by atoms with Gasteiger partial charge in [-0.15, -0.1) is 0 Å². The summed E-state index contributed by atoms with van der Waals surface area (Å²) in [5.74, 6) is 0. The minimum atomic E-state index is -2.59. The molecule has 2 nitrogen and oxygen atoms in total. The van der Waals surface area contributed by atoms with Crippen LogP contribution in [0.15, 0.2) is 10.9 Å². The van der Waals surface area contributed by atoms with Gasteiger partial charge in [-0.1, -0.05) is 0 Å². The lowest BCUT2D eigenvalue weighted by Crippen LogP contribution is -2.10. The molecular weight excluding hydrogens is 279 g/mol. The van der Waals surface area contributed by atoms with Crippen LogP contribution in [0.25, 0.3) is 0 Å². The number of aromatic amines is 1. The van der Waals surface area contributed by atoms with Gasteiger partial charge in [0.15, 0.2) is 0 Å². The Kier molecular flexibility index (Phi) is 2.81. The molecule has 0 unspecified atom stereocenters. The number of aromatic nitrogens is 1. The Bertz CT molecular complexity index is 348. The van der Waals surface area contributed by atoms with Crippen LogP contribution in [0.2, 0.25) is 0 Å². The van der Waals surface area contributed by atoms with Crippen molar-refractivity contribution in [3.63, 3.8) is 0 Å². The molecule has 12 heavy (non-hydrogen) atoms. The molecule has 1 heterocycles. The second kappa shape index (κ2) is 3.51. The maximum Gasteiger partial charge on any atom is 0.265 e. The number of H-pyrrole nitrogens is 1. The molecule has 0 saturated heterocycles. The second-order valence-corrected chi connectivity index (χ2v) is 3.41. The van der Waals surface area contributed by atoms with Crippen LogP contribution in [0.4, 0.5) is 8.78 Å². The SMILES string of the molecule is Cc1[nH]c(=O)cc(C(F)F)c1I. The van der Waals surface area contributed by atoms with E-state index in [1.807, 2.05) is 0 Å². The highest BCUT2D eigenvalue weighted by atomic mass is 127. The van der Waals surface area contributed by atoms with Gasteiger partial charge in [-0.3, -0.25) is 4.79 Å². The molecule has 1 N–H and O–H groups in total. The number of hydrogen-bond acceptors (Lipinski definition) is 1. The first kappa shape index (κ1) is 9.63. The molecule has 0 atom stereocenters. The van der Waals surface area contributed by atoms with Gasteiger partial charge in [0.05, 0.1) is 0 Å². The zero-order valence-electron chi connectivity index (χ0n) is 6.20. The Hall–Kier alpha value is -0.460. The fourth-order valence-corrected chi connectivity index (χ4v) is 1.38. The summed E-state index contributed by atoms with van der Waals surface area (Å²) in [6.07, 6.45) is -2.59. The summed E-state index contributed by atoms with van der Waals surface area (Å²) in [4.78, 5) is 13.2. The van der Waals surface area contributed by atoms with Gasteiger partial charge >= 0.3 is 0 Å². The Morgan fingerprint density at radius 1 is 1.58 bits per heavy atom. The predicted molar refractivity (Wildman–Crippen MR) is 49.5 cm³/mol. The topological polar surface area (TPSA) is 32.9 Å². The third-order valence-electron chi connectivity index (χ3n) is 1.42. The van der Waals surface area contributed by atoms with Crippen molar-refractivity contribution in [3.05, 3.63) is 31.2 Å². The van der Waals surface area contributed by atoms with Crippen molar-refractivity contribution in [1.29, 1.82) is 0 Å². The summed E-state index contributed by atoms with van der Waals surface area (Å²) in [6.45, 7) is 1.59. The average Bonchev–Trinajstić information content (AvgIpc) is 1.96. The van der Waals surface area contributed by atoms with Crippen LogP contribution in [0, 0.1) is 10.5 Å². The van der Waals surface area contributed by atoms with Crippen molar-refractivity contribution < 1.29 is 8.78 Å². The molecule has 0 spiro atoms. The number of rotatable bonds is 1. The molecular formula is C7H6F2INO. The van der Waals surface area contributed by atoms with E-state index in [9.17, 15) is 13.6 Å². The monoisotopic (exact) mass is 285 g/mol. The van der Waals surface area contributed by atoms with E-state index in [1.54, 1.807) is 29.5 Å². The first-order chi connectivity index (χ1) is 5.52. The highest BCUT2D eigenvalue weighted by molar-refractivity contribution is 14.1. The van der Waals surface area contributed by atoms with Gasteiger partial charge < -0.3 is 4.98 Å². The molecule has 1 aromatic heterocycles. The van der Waals surface area contributed by atoms with Crippen molar-refractivity contribution in [3.8, 4) is 0 Å². The maximum atomic E-state index is 12.2. The molecule has 1 aromatic rings. The lowest BCUT2D eigenvalue weighted by atomic mass is 10.2. The smallest absolute Gasteiger partial charge is 0.265 e. The Balaban J connectivity index is 3.38. The molecule has 0 fully saturated rings. The number of halogens is 3. The quantitative estimate of drug-likeness (QED) is 0.788. The summed E-state index contributed by atoms with van der Waals surface area (Å²) in [5, 5.41) is 0. The Labute approximate surface area is 81.1 Å². The highest BCUT2D eigenvalue weighted by Crippen LogP contribution is 2.23. The third-order valence-corrected chi connectivity index (χ3v) is 2.85. The summed E-state index contributed by atoms with van der Waals surface area (Å²) in [5.41, 5.74) is -0.196. The maximum absolute atomic E-state index is 12.2. The summed E-state index contributed by atoms with van der Waals surface area (Å²) >= 11 is 1.79. The van der Waals surface area contributed by atoms with Crippen LogP contribution < -0.4 is 5.56 Å². The van der Waals surface area contributed by atoms with E-state index in [0.717, 1.165) is 6.07 Å². The van der Waals surface area contributed by atoms with Gasteiger partial charge in [0.1, 0.15) is 0 Å². The van der Waals surface area contributed by atoms with Crippen LogP contribution in [0.3, 0.4) is 0 Å². The zero-order valence-corrected chi connectivity index (χ0v) is 8.35. The molecule has 0 aliphatic heterocycles. The standard InChI is InChI=1S/C7H6F2INO/c1-3-6(10)4(7(8)9)2-5(12)11-3/h2,7H,1H3,(H,11,12). The largest absolute Gasteiger partial charge is 0.325 e. The van der Waals surface area contributed by atoms with Crippen molar-refractivity contribution in [2.75, 3.05) is 0 Å². The minimum absolute atomic E-state index is 0.197. The first-order valence-electron chi connectivity index (χ1n) is 3.20. The van der Waals surface area contributed by atoms with Gasteiger partial charge in [-0.2, -0.15) is 0 Å². The lowest BCUT2D eigenvalue weighted by molar-refractivity contribution is 0.150. The van der Waals surface area contributed by atoms with Crippen molar-refractivity contribution >= 4 is 22.6 Å². The summed E-state index contributed by atoms with van der Waals surface area (Å²) < 4.78 is 24.9. The van der Waals surface area contributed by atoms with Crippen LogP contribution in [0.5, 0.6) is 0 Å².